The van der Waals surface area contributed by atoms with Crippen molar-refractivity contribution in [3.63, 3.8) is 0 Å². The van der Waals surface area contributed by atoms with Crippen molar-refractivity contribution in [2.75, 3.05) is 33.2 Å². The average Bonchev–Trinajstić information content (AvgIpc) is 3.26. The molecule has 0 unspecified atom stereocenters. The minimum atomic E-state index is -0.437. The summed E-state index contributed by atoms with van der Waals surface area (Å²) >= 11 is 0. The second-order valence-corrected chi connectivity index (χ2v) is 9.47. The Kier molecular flexibility index (Phi) is 5.78. The highest BCUT2D eigenvalue weighted by Gasteiger charge is 2.43. The molecule has 7 nitrogen and oxygen atoms in total. The Morgan fingerprint density at radius 2 is 1.84 bits per heavy atom. The number of Topliss-reactive ketones (excluding diaryl/α,β-unsaturated/α-hetero) is 1. The number of para-hydroxylation sites is 1. The summed E-state index contributed by atoms with van der Waals surface area (Å²) in [7, 11) is 2.14. The number of rotatable bonds is 4. The molecule has 2 aliphatic heterocycles. The van der Waals surface area contributed by atoms with Crippen LogP contribution in [0.1, 0.15) is 58.8 Å². The highest BCUT2D eigenvalue weighted by molar-refractivity contribution is 6.00. The predicted molar refractivity (Wildman–Crippen MR) is 120 cm³/mol. The van der Waals surface area contributed by atoms with E-state index < -0.39 is 5.60 Å². The largest absolute Gasteiger partial charge is 0.486 e. The van der Waals surface area contributed by atoms with Gasteiger partial charge in [0.05, 0.1) is 18.5 Å². The fourth-order valence-corrected chi connectivity index (χ4v) is 5.08. The average molecular weight is 438 g/mol. The van der Waals surface area contributed by atoms with Crippen molar-refractivity contribution in [1.29, 1.82) is 0 Å². The van der Waals surface area contributed by atoms with Crippen molar-refractivity contribution in [1.82, 2.24) is 15.1 Å². The standard InChI is InChI=1S/C25H31N3O4/c1-27-12-14-28(15-13-27)17-19-6-7-23(31-19)24(30)26-18-8-10-25(11-9-18)16-21(29)20-4-2-3-5-22(20)32-25/h2-7,18H,8-17H2,1H3,(H,26,30). The lowest BCUT2D eigenvalue weighted by Gasteiger charge is -2.42. The van der Waals surface area contributed by atoms with Crippen LogP contribution in [0.3, 0.4) is 0 Å². The van der Waals surface area contributed by atoms with Gasteiger partial charge in [-0.1, -0.05) is 12.1 Å². The molecule has 1 aromatic heterocycles. The van der Waals surface area contributed by atoms with Crippen molar-refractivity contribution in [3.8, 4) is 5.75 Å². The van der Waals surface area contributed by atoms with Gasteiger partial charge in [0, 0.05) is 32.2 Å². The number of benzene rings is 1. The SMILES string of the molecule is CN1CCN(Cc2ccc(C(=O)NC3CCC4(CC3)CC(=O)c3ccccc3O4)o2)CC1. The first-order valence-corrected chi connectivity index (χ1v) is 11.6. The number of furan rings is 1. The Morgan fingerprint density at radius 1 is 1.09 bits per heavy atom. The van der Waals surface area contributed by atoms with Crippen LogP contribution in [0.2, 0.25) is 0 Å². The van der Waals surface area contributed by atoms with Gasteiger partial charge in [0.1, 0.15) is 17.1 Å². The molecular weight excluding hydrogens is 406 g/mol. The van der Waals surface area contributed by atoms with Gasteiger partial charge in [0.25, 0.3) is 5.91 Å². The molecule has 1 saturated carbocycles. The van der Waals surface area contributed by atoms with E-state index in [0.29, 0.717) is 23.5 Å². The number of nitrogens with one attached hydrogen (secondary N) is 1. The lowest BCUT2D eigenvalue weighted by molar-refractivity contribution is 0.00693. The molecule has 1 N–H and O–H groups in total. The Balaban J connectivity index is 1.14. The molecule has 2 fully saturated rings. The summed E-state index contributed by atoms with van der Waals surface area (Å²) in [5, 5.41) is 3.12. The van der Waals surface area contributed by atoms with Crippen LogP contribution in [-0.2, 0) is 6.54 Å². The summed E-state index contributed by atoms with van der Waals surface area (Å²) in [6.45, 7) is 4.87. The van der Waals surface area contributed by atoms with Gasteiger partial charge in [-0.2, -0.15) is 0 Å². The molecule has 32 heavy (non-hydrogen) atoms. The minimum absolute atomic E-state index is 0.0650. The number of hydrogen-bond donors (Lipinski definition) is 1. The monoisotopic (exact) mass is 437 g/mol. The summed E-state index contributed by atoms with van der Waals surface area (Å²) < 4.78 is 12.1. The number of carbonyl (C=O) groups is 2. The first kappa shape index (κ1) is 21.2. The summed E-state index contributed by atoms with van der Waals surface area (Å²) in [5.41, 5.74) is 0.242. The molecule has 1 saturated heterocycles. The van der Waals surface area contributed by atoms with Crippen molar-refractivity contribution < 1.29 is 18.7 Å². The molecule has 170 valence electrons. The van der Waals surface area contributed by atoms with E-state index in [2.05, 4.69) is 22.2 Å². The third-order valence-electron chi connectivity index (χ3n) is 7.09. The Bertz CT molecular complexity index is 985. The maximum atomic E-state index is 12.7. The summed E-state index contributed by atoms with van der Waals surface area (Å²) in [6, 6.07) is 11.2. The van der Waals surface area contributed by atoms with E-state index in [4.69, 9.17) is 9.15 Å². The highest BCUT2D eigenvalue weighted by atomic mass is 16.5. The van der Waals surface area contributed by atoms with Crippen molar-refractivity contribution in [2.45, 2.75) is 50.3 Å². The Labute approximate surface area is 188 Å². The lowest BCUT2D eigenvalue weighted by atomic mass is 9.76. The van der Waals surface area contributed by atoms with E-state index >= 15 is 0 Å². The molecule has 1 amide bonds. The molecule has 7 heteroatoms. The second kappa shape index (κ2) is 8.71. The zero-order valence-corrected chi connectivity index (χ0v) is 18.6. The minimum Gasteiger partial charge on any atom is -0.486 e. The zero-order chi connectivity index (χ0) is 22.1. The van der Waals surface area contributed by atoms with Gasteiger partial charge in [-0.05, 0) is 57.0 Å². The van der Waals surface area contributed by atoms with Gasteiger partial charge in [-0.15, -0.1) is 0 Å². The van der Waals surface area contributed by atoms with E-state index in [1.54, 1.807) is 6.07 Å². The number of piperazine rings is 1. The van der Waals surface area contributed by atoms with Gasteiger partial charge in [0.15, 0.2) is 11.5 Å². The van der Waals surface area contributed by atoms with Crippen molar-refractivity contribution in [2.24, 2.45) is 0 Å². The topological polar surface area (TPSA) is 75.0 Å². The number of nitrogens with zero attached hydrogens (tertiary/aromatic N) is 2. The first-order valence-electron chi connectivity index (χ1n) is 11.6. The Hall–Kier alpha value is -2.64. The number of carbonyl (C=O) groups excluding carboxylic acids is 2. The molecule has 5 rings (SSSR count). The van der Waals surface area contributed by atoms with Gasteiger partial charge in [-0.25, -0.2) is 0 Å². The van der Waals surface area contributed by atoms with Crippen LogP contribution in [0.5, 0.6) is 5.75 Å². The van der Waals surface area contributed by atoms with Gasteiger partial charge >= 0.3 is 0 Å². The quantitative estimate of drug-likeness (QED) is 0.792. The highest BCUT2D eigenvalue weighted by Crippen LogP contribution is 2.41. The molecule has 1 aliphatic carbocycles. The first-order chi connectivity index (χ1) is 15.5. The number of hydrogen-bond acceptors (Lipinski definition) is 6. The molecule has 1 spiro atoms. The molecule has 0 atom stereocenters. The summed E-state index contributed by atoms with van der Waals surface area (Å²) in [5.74, 6) is 1.87. The van der Waals surface area contributed by atoms with Gasteiger partial charge < -0.3 is 19.4 Å². The van der Waals surface area contributed by atoms with Crippen LogP contribution in [-0.4, -0.2) is 66.4 Å². The Morgan fingerprint density at radius 3 is 2.62 bits per heavy atom. The number of ketones is 1. The lowest BCUT2D eigenvalue weighted by Crippen LogP contribution is -2.49. The zero-order valence-electron chi connectivity index (χ0n) is 18.6. The van der Waals surface area contributed by atoms with Crippen LogP contribution in [0.25, 0.3) is 0 Å². The van der Waals surface area contributed by atoms with Crippen molar-refractivity contribution >= 4 is 11.7 Å². The van der Waals surface area contributed by atoms with E-state index in [-0.39, 0.29) is 17.7 Å². The van der Waals surface area contributed by atoms with E-state index in [1.165, 1.54) is 0 Å². The predicted octanol–water partition coefficient (Wildman–Crippen LogP) is 3.10. The van der Waals surface area contributed by atoms with Crippen LogP contribution in [0, 0.1) is 0 Å². The van der Waals surface area contributed by atoms with Crippen LogP contribution < -0.4 is 10.1 Å². The third kappa shape index (κ3) is 4.45. The number of likely N-dealkylation sites (N-methyl/N-ethyl adjacent to an activating group) is 1. The van der Waals surface area contributed by atoms with E-state index in [9.17, 15) is 9.59 Å². The third-order valence-corrected chi connectivity index (χ3v) is 7.09. The number of ether oxygens (including phenoxy) is 1. The fourth-order valence-electron chi connectivity index (χ4n) is 5.08. The van der Waals surface area contributed by atoms with E-state index in [0.717, 1.165) is 64.2 Å². The van der Waals surface area contributed by atoms with Crippen LogP contribution in [0.4, 0.5) is 0 Å². The molecule has 2 aromatic rings. The number of fused-ring (bicyclic) bond motifs is 1. The molecular formula is C25H31N3O4. The normalized spacial score (nSPS) is 26.5. The second-order valence-electron chi connectivity index (χ2n) is 9.47. The van der Waals surface area contributed by atoms with Gasteiger partial charge in [0.2, 0.25) is 0 Å². The molecule has 0 bridgehead atoms. The fraction of sp³-hybridized carbons (Fsp3) is 0.520. The number of amides is 1. The molecule has 3 heterocycles. The van der Waals surface area contributed by atoms with Crippen LogP contribution in [0.15, 0.2) is 40.8 Å². The summed E-state index contributed by atoms with van der Waals surface area (Å²) in [6.07, 6.45) is 3.50. The summed E-state index contributed by atoms with van der Waals surface area (Å²) in [4.78, 5) is 30.0. The molecule has 1 aromatic carbocycles. The molecule has 3 aliphatic rings. The van der Waals surface area contributed by atoms with Crippen molar-refractivity contribution in [3.05, 3.63) is 53.5 Å². The maximum Gasteiger partial charge on any atom is 0.287 e. The maximum absolute atomic E-state index is 12.7. The smallest absolute Gasteiger partial charge is 0.287 e. The molecule has 0 radical (unpaired) electrons. The van der Waals surface area contributed by atoms with Gasteiger partial charge in [-0.3, -0.25) is 14.5 Å². The van der Waals surface area contributed by atoms with E-state index in [1.807, 2.05) is 30.3 Å². The van der Waals surface area contributed by atoms with Crippen LogP contribution >= 0.6 is 0 Å².